The Labute approximate surface area is 211 Å². The number of likely N-dealkylation sites (tertiary alicyclic amines) is 1. The van der Waals surface area contributed by atoms with Crippen LogP contribution in [0.25, 0.3) is 0 Å². The van der Waals surface area contributed by atoms with Gasteiger partial charge in [-0.25, -0.2) is 4.98 Å². The summed E-state index contributed by atoms with van der Waals surface area (Å²) in [7, 11) is 0. The van der Waals surface area contributed by atoms with E-state index in [0.29, 0.717) is 31.0 Å². The van der Waals surface area contributed by atoms with Crippen molar-refractivity contribution >= 4 is 17.6 Å². The van der Waals surface area contributed by atoms with Gasteiger partial charge in [0, 0.05) is 30.9 Å². The lowest BCUT2D eigenvalue weighted by Crippen LogP contribution is -2.57. The van der Waals surface area contributed by atoms with Crippen LogP contribution in [0.5, 0.6) is 0 Å². The van der Waals surface area contributed by atoms with Crippen LogP contribution in [0, 0.1) is 13.8 Å². The van der Waals surface area contributed by atoms with E-state index in [1.54, 1.807) is 0 Å². The Hall–Kier alpha value is -2.15. The van der Waals surface area contributed by atoms with Gasteiger partial charge in [0.1, 0.15) is 11.9 Å². The quantitative estimate of drug-likeness (QED) is 0.605. The van der Waals surface area contributed by atoms with Crippen molar-refractivity contribution in [2.75, 3.05) is 12.3 Å². The van der Waals surface area contributed by atoms with Gasteiger partial charge in [0.15, 0.2) is 0 Å². The van der Waals surface area contributed by atoms with Gasteiger partial charge in [-0.05, 0) is 76.5 Å². The minimum Gasteiger partial charge on any atom is -0.384 e. The number of hydrogen-bond donors (Lipinski definition) is 2. The van der Waals surface area contributed by atoms with Crippen molar-refractivity contribution in [1.29, 1.82) is 0 Å². The first-order valence-corrected chi connectivity index (χ1v) is 13.9. The Morgan fingerprint density at radius 1 is 1.03 bits per heavy atom. The number of rotatable bonds is 7. The topological polar surface area (TPSA) is 91.6 Å². The van der Waals surface area contributed by atoms with Gasteiger partial charge in [-0.2, -0.15) is 0 Å². The highest BCUT2D eigenvalue weighted by Gasteiger charge is 2.41. The molecule has 2 amide bonds. The van der Waals surface area contributed by atoms with Crippen molar-refractivity contribution < 1.29 is 9.59 Å². The fourth-order valence-electron chi connectivity index (χ4n) is 6.81. The molecule has 0 radical (unpaired) electrons. The second kappa shape index (κ2) is 11.7. The standard InChI is InChI=1S/C28H45N5O2/c1-19-17-26(29)31-20(2)24(19)18-30-27(34)25-15-10-16-32(25)28(35)21(3)33(22-11-6-4-7-12-22)23-13-8-5-9-14-23/h17,21-23,25H,4-16,18H2,1-3H3,(H2,29,31)(H,30,34)/t21-,25-/m0/s1. The third-order valence-corrected chi connectivity index (χ3v) is 8.65. The van der Waals surface area contributed by atoms with Crippen LogP contribution in [0.3, 0.4) is 0 Å². The first kappa shape index (κ1) is 25.9. The average molecular weight is 484 g/mol. The predicted molar refractivity (Wildman–Crippen MR) is 140 cm³/mol. The number of anilines is 1. The maximum Gasteiger partial charge on any atom is 0.243 e. The van der Waals surface area contributed by atoms with Crippen molar-refractivity contribution in [2.24, 2.45) is 0 Å². The summed E-state index contributed by atoms with van der Waals surface area (Å²) in [5.41, 5.74) is 8.71. The summed E-state index contributed by atoms with van der Waals surface area (Å²) in [4.78, 5) is 35.9. The molecule has 3 N–H and O–H groups in total. The van der Waals surface area contributed by atoms with Crippen molar-refractivity contribution in [3.05, 3.63) is 22.9 Å². The highest BCUT2D eigenvalue weighted by molar-refractivity contribution is 5.90. The Morgan fingerprint density at radius 3 is 2.20 bits per heavy atom. The van der Waals surface area contributed by atoms with Gasteiger partial charge >= 0.3 is 0 Å². The molecule has 0 spiro atoms. The van der Waals surface area contributed by atoms with E-state index >= 15 is 0 Å². The smallest absolute Gasteiger partial charge is 0.243 e. The van der Waals surface area contributed by atoms with Crippen LogP contribution in [0.4, 0.5) is 5.82 Å². The van der Waals surface area contributed by atoms with Gasteiger partial charge in [-0.15, -0.1) is 0 Å². The van der Waals surface area contributed by atoms with Crippen LogP contribution < -0.4 is 11.1 Å². The number of nitrogen functional groups attached to an aromatic ring is 1. The highest BCUT2D eigenvalue weighted by atomic mass is 16.2. The number of nitrogens with zero attached hydrogens (tertiary/aromatic N) is 3. The lowest BCUT2D eigenvalue weighted by Gasteiger charge is -2.45. The molecule has 2 heterocycles. The second-order valence-electron chi connectivity index (χ2n) is 11.0. The van der Waals surface area contributed by atoms with Gasteiger partial charge < -0.3 is 16.0 Å². The zero-order valence-electron chi connectivity index (χ0n) is 22.0. The van der Waals surface area contributed by atoms with E-state index in [1.807, 2.05) is 24.8 Å². The van der Waals surface area contributed by atoms with Crippen LogP contribution in [-0.4, -0.2) is 57.3 Å². The van der Waals surface area contributed by atoms with E-state index in [-0.39, 0.29) is 23.9 Å². The molecule has 0 unspecified atom stereocenters. The summed E-state index contributed by atoms with van der Waals surface area (Å²) < 4.78 is 0. The molecule has 2 atom stereocenters. The lowest BCUT2D eigenvalue weighted by atomic mass is 9.87. The van der Waals surface area contributed by atoms with Gasteiger partial charge in [0.05, 0.1) is 6.04 Å². The van der Waals surface area contributed by atoms with E-state index in [0.717, 1.165) is 29.7 Å². The molecule has 2 saturated carbocycles. The van der Waals surface area contributed by atoms with E-state index in [1.165, 1.54) is 64.2 Å². The number of carbonyl (C=O) groups is 2. The first-order chi connectivity index (χ1) is 16.9. The zero-order chi connectivity index (χ0) is 24.9. The Kier molecular flexibility index (Phi) is 8.68. The molecule has 4 rings (SSSR count). The molecule has 2 aliphatic carbocycles. The summed E-state index contributed by atoms with van der Waals surface area (Å²) in [6, 6.07) is 2.30. The Balaban J connectivity index is 1.44. The minimum absolute atomic E-state index is 0.0550. The maximum absolute atomic E-state index is 13.9. The van der Waals surface area contributed by atoms with Crippen LogP contribution in [-0.2, 0) is 16.1 Å². The van der Waals surface area contributed by atoms with E-state index in [4.69, 9.17) is 5.73 Å². The molecule has 0 bridgehead atoms. The van der Waals surface area contributed by atoms with Crippen LogP contribution in [0.1, 0.15) is 101 Å². The molecule has 1 aromatic heterocycles. The number of aryl methyl sites for hydroxylation is 2. The molecule has 3 fully saturated rings. The molecule has 7 nitrogen and oxygen atoms in total. The highest BCUT2D eigenvalue weighted by Crippen LogP contribution is 2.33. The van der Waals surface area contributed by atoms with Crippen LogP contribution in [0.15, 0.2) is 6.07 Å². The Morgan fingerprint density at radius 2 is 1.63 bits per heavy atom. The number of nitrogens with two attached hydrogens (primary N) is 1. The number of hydrogen-bond acceptors (Lipinski definition) is 5. The third kappa shape index (κ3) is 5.99. The van der Waals surface area contributed by atoms with Gasteiger partial charge in [0.2, 0.25) is 11.8 Å². The zero-order valence-corrected chi connectivity index (χ0v) is 22.0. The predicted octanol–water partition coefficient (Wildman–Crippen LogP) is 4.24. The molecule has 1 saturated heterocycles. The average Bonchev–Trinajstić information content (AvgIpc) is 3.34. The molecule has 194 valence electrons. The number of nitrogens with one attached hydrogen (secondary N) is 1. The molecule has 1 aliphatic heterocycles. The number of aromatic nitrogens is 1. The van der Waals surface area contributed by atoms with Crippen LogP contribution in [0.2, 0.25) is 0 Å². The summed E-state index contributed by atoms with van der Waals surface area (Å²) in [5, 5.41) is 3.09. The van der Waals surface area contributed by atoms with Gasteiger partial charge in [0.25, 0.3) is 0 Å². The van der Waals surface area contributed by atoms with Crippen molar-refractivity contribution in [3.8, 4) is 0 Å². The largest absolute Gasteiger partial charge is 0.384 e. The Bertz CT molecular complexity index is 850. The summed E-state index contributed by atoms with van der Waals surface area (Å²) in [5.74, 6) is 0.581. The van der Waals surface area contributed by atoms with Gasteiger partial charge in [-0.3, -0.25) is 14.5 Å². The third-order valence-electron chi connectivity index (χ3n) is 8.65. The van der Waals surface area contributed by atoms with Crippen LogP contribution >= 0.6 is 0 Å². The summed E-state index contributed by atoms with van der Waals surface area (Å²) >= 11 is 0. The van der Waals surface area contributed by atoms with Crippen molar-refractivity contribution in [1.82, 2.24) is 20.1 Å². The fourth-order valence-corrected chi connectivity index (χ4v) is 6.81. The van der Waals surface area contributed by atoms with E-state index in [2.05, 4.69) is 22.1 Å². The lowest BCUT2D eigenvalue weighted by molar-refractivity contribution is -0.144. The number of pyridine rings is 1. The molecule has 1 aromatic rings. The number of amides is 2. The fraction of sp³-hybridized carbons (Fsp3) is 0.750. The second-order valence-corrected chi connectivity index (χ2v) is 11.0. The van der Waals surface area contributed by atoms with E-state index < -0.39 is 0 Å². The normalized spacial score (nSPS) is 23.0. The molecular weight excluding hydrogens is 438 g/mol. The molecule has 35 heavy (non-hydrogen) atoms. The summed E-state index contributed by atoms with van der Waals surface area (Å²) in [6.45, 7) is 7.10. The van der Waals surface area contributed by atoms with Gasteiger partial charge in [-0.1, -0.05) is 38.5 Å². The number of carbonyl (C=O) groups excluding carboxylic acids is 2. The van der Waals surface area contributed by atoms with Crippen molar-refractivity contribution in [2.45, 2.75) is 129 Å². The summed E-state index contributed by atoms with van der Waals surface area (Å²) in [6.07, 6.45) is 14.1. The van der Waals surface area contributed by atoms with Crippen molar-refractivity contribution in [3.63, 3.8) is 0 Å². The molecule has 3 aliphatic rings. The molecular formula is C28H45N5O2. The SMILES string of the molecule is Cc1cc(N)nc(C)c1CNC(=O)[C@@H]1CCCN1C(=O)[C@H](C)N(C1CCCCC1)C1CCCCC1. The van der Waals surface area contributed by atoms with E-state index in [9.17, 15) is 9.59 Å². The molecule has 7 heteroatoms. The first-order valence-electron chi connectivity index (χ1n) is 13.9. The monoisotopic (exact) mass is 483 g/mol. The molecule has 0 aromatic carbocycles. The maximum atomic E-state index is 13.9. The minimum atomic E-state index is -0.383.